The van der Waals surface area contributed by atoms with Gasteiger partial charge in [0.2, 0.25) is 0 Å². The molecule has 38 heavy (non-hydrogen) atoms. The molecule has 1 aromatic carbocycles. The highest BCUT2D eigenvalue weighted by atomic mass is 16.6. The van der Waals surface area contributed by atoms with Crippen molar-refractivity contribution in [2.75, 3.05) is 36.5 Å². The van der Waals surface area contributed by atoms with E-state index in [0.29, 0.717) is 44.2 Å². The third-order valence-electron chi connectivity index (χ3n) is 7.18. The first-order valence-corrected chi connectivity index (χ1v) is 13.6. The predicted octanol–water partition coefficient (Wildman–Crippen LogP) is 4.34. The maximum atomic E-state index is 12.8. The van der Waals surface area contributed by atoms with Crippen molar-refractivity contribution >= 4 is 23.6 Å². The minimum absolute atomic E-state index is 0.181. The molecule has 2 aromatic rings. The lowest BCUT2D eigenvalue weighted by Crippen LogP contribution is -2.46. The Hall–Kier alpha value is -3.40. The van der Waals surface area contributed by atoms with E-state index >= 15 is 0 Å². The number of carbonyl (C=O) groups is 2. The molecule has 0 spiro atoms. The summed E-state index contributed by atoms with van der Waals surface area (Å²) in [4.78, 5) is 39.0. The normalized spacial score (nSPS) is 19.8. The Morgan fingerprint density at radius 1 is 1.11 bits per heavy atom. The molecular weight excluding hydrogens is 484 g/mol. The van der Waals surface area contributed by atoms with Crippen LogP contribution in [0.4, 0.5) is 21.1 Å². The number of aromatic nitrogens is 2. The number of nitrogens with one attached hydrogen (secondary N) is 2. The quantitative estimate of drug-likeness (QED) is 0.615. The number of morpholine rings is 1. The largest absolute Gasteiger partial charge is 0.444 e. The van der Waals surface area contributed by atoms with Gasteiger partial charge in [0.15, 0.2) is 5.82 Å². The fraction of sp³-hybridized carbons (Fsp3) is 0.571. The van der Waals surface area contributed by atoms with Crippen molar-refractivity contribution in [1.82, 2.24) is 20.2 Å². The monoisotopic (exact) mass is 522 g/mol. The van der Waals surface area contributed by atoms with E-state index in [2.05, 4.69) is 22.5 Å². The Kier molecular flexibility index (Phi) is 7.43. The number of hydrogen-bond acceptors (Lipinski definition) is 7. The van der Waals surface area contributed by atoms with Gasteiger partial charge in [-0.2, -0.15) is 0 Å². The summed E-state index contributed by atoms with van der Waals surface area (Å²) in [5, 5.41) is 5.89. The van der Waals surface area contributed by atoms with Crippen molar-refractivity contribution in [3.8, 4) is 11.4 Å². The summed E-state index contributed by atoms with van der Waals surface area (Å²) in [5.74, 6) is 1.50. The molecule has 3 heterocycles. The van der Waals surface area contributed by atoms with Crippen LogP contribution in [0.25, 0.3) is 11.4 Å². The average Bonchev–Trinajstić information content (AvgIpc) is 2.85. The highest BCUT2D eigenvalue weighted by molar-refractivity contribution is 5.89. The zero-order valence-electron chi connectivity index (χ0n) is 22.7. The van der Waals surface area contributed by atoms with Gasteiger partial charge < -0.3 is 29.9 Å². The summed E-state index contributed by atoms with van der Waals surface area (Å²) in [6, 6.07) is 7.84. The molecule has 0 bridgehead atoms. The first kappa shape index (κ1) is 26.2. The number of nitrogens with zero attached hydrogens (tertiary/aromatic N) is 4. The summed E-state index contributed by atoms with van der Waals surface area (Å²) in [6.07, 6.45) is 3.57. The lowest BCUT2D eigenvalue weighted by molar-refractivity contribution is 0.0220. The predicted molar refractivity (Wildman–Crippen MR) is 145 cm³/mol. The van der Waals surface area contributed by atoms with Crippen molar-refractivity contribution in [2.45, 2.75) is 77.6 Å². The van der Waals surface area contributed by atoms with Crippen LogP contribution in [0.2, 0.25) is 0 Å². The Balaban J connectivity index is 1.41. The summed E-state index contributed by atoms with van der Waals surface area (Å²) in [5.41, 5.74) is 2.90. The van der Waals surface area contributed by atoms with Crippen LogP contribution < -0.4 is 15.5 Å². The topological polar surface area (TPSA) is 109 Å². The third-order valence-corrected chi connectivity index (χ3v) is 7.18. The van der Waals surface area contributed by atoms with E-state index in [1.54, 1.807) is 4.90 Å². The van der Waals surface area contributed by atoms with E-state index in [0.717, 1.165) is 42.0 Å². The maximum absolute atomic E-state index is 12.8. The van der Waals surface area contributed by atoms with Crippen molar-refractivity contribution in [3.05, 3.63) is 35.5 Å². The van der Waals surface area contributed by atoms with Crippen LogP contribution >= 0.6 is 0 Å². The van der Waals surface area contributed by atoms with E-state index in [1.165, 1.54) is 6.42 Å². The van der Waals surface area contributed by atoms with Gasteiger partial charge in [-0.1, -0.05) is 0 Å². The molecule has 1 saturated carbocycles. The summed E-state index contributed by atoms with van der Waals surface area (Å²) in [6.45, 7) is 10.7. The molecule has 1 aliphatic carbocycles. The number of carbonyl (C=O) groups excluding carboxylic acids is 2. The molecule has 1 atom stereocenters. The molecule has 1 aromatic heterocycles. The zero-order chi connectivity index (χ0) is 26.9. The Labute approximate surface area is 224 Å². The van der Waals surface area contributed by atoms with E-state index in [-0.39, 0.29) is 24.2 Å². The van der Waals surface area contributed by atoms with Crippen LogP contribution in [-0.2, 0) is 22.4 Å². The van der Waals surface area contributed by atoms with E-state index in [9.17, 15) is 9.59 Å². The average molecular weight is 523 g/mol. The molecule has 1 unspecified atom stereocenters. The van der Waals surface area contributed by atoms with Gasteiger partial charge in [0.05, 0.1) is 31.5 Å². The number of amides is 3. The van der Waals surface area contributed by atoms with E-state index in [4.69, 9.17) is 19.4 Å². The molecule has 3 amide bonds. The standard InChI is InChI=1S/C28H38N6O4/c1-18-17-37-15-14-34(18)25-22-12-13-33(27(36)38-28(2,3)4)16-23(22)31-24(32-25)19-8-10-21(11-9-19)30-26(35)29-20-6-5-7-20/h8-11,18,20H,5-7,12-17H2,1-4H3,(H2,29,30,35). The second-order valence-corrected chi connectivity index (χ2v) is 11.4. The van der Waals surface area contributed by atoms with E-state index in [1.807, 2.05) is 45.0 Å². The van der Waals surface area contributed by atoms with Gasteiger partial charge in [0.25, 0.3) is 0 Å². The van der Waals surface area contributed by atoms with E-state index < -0.39 is 5.60 Å². The molecule has 0 radical (unpaired) electrons. The lowest BCUT2D eigenvalue weighted by atomic mass is 9.93. The molecule has 5 rings (SSSR count). The van der Waals surface area contributed by atoms with Crippen LogP contribution in [0.1, 0.15) is 58.2 Å². The van der Waals surface area contributed by atoms with Gasteiger partial charge in [0.1, 0.15) is 11.4 Å². The van der Waals surface area contributed by atoms with Crippen LogP contribution in [0, 0.1) is 0 Å². The zero-order valence-corrected chi connectivity index (χ0v) is 22.7. The number of benzene rings is 1. The first-order valence-electron chi connectivity index (χ1n) is 13.6. The minimum Gasteiger partial charge on any atom is -0.444 e. The van der Waals surface area contributed by atoms with Crippen LogP contribution in [0.3, 0.4) is 0 Å². The molecule has 204 valence electrons. The fourth-order valence-corrected chi connectivity index (χ4v) is 4.91. The summed E-state index contributed by atoms with van der Waals surface area (Å²) in [7, 11) is 0. The van der Waals surface area contributed by atoms with Crippen molar-refractivity contribution in [1.29, 1.82) is 0 Å². The first-order chi connectivity index (χ1) is 18.2. The van der Waals surface area contributed by atoms with Crippen molar-refractivity contribution in [2.24, 2.45) is 0 Å². The Morgan fingerprint density at radius 3 is 2.53 bits per heavy atom. The van der Waals surface area contributed by atoms with Gasteiger partial charge in [-0.15, -0.1) is 0 Å². The van der Waals surface area contributed by atoms with Gasteiger partial charge in [-0.05, 0) is 77.6 Å². The number of fused-ring (bicyclic) bond motifs is 1. The molecule has 3 aliphatic rings. The van der Waals surface area contributed by atoms with Gasteiger partial charge in [-0.25, -0.2) is 19.6 Å². The fourth-order valence-electron chi connectivity index (χ4n) is 4.91. The number of hydrogen-bond donors (Lipinski definition) is 2. The highest BCUT2D eigenvalue weighted by Crippen LogP contribution is 2.32. The Morgan fingerprint density at radius 2 is 1.87 bits per heavy atom. The summed E-state index contributed by atoms with van der Waals surface area (Å²) >= 11 is 0. The molecular formula is C28H38N6O4. The molecule has 10 heteroatoms. The van der Waals surface area contributed by atoms with Gasteiger partial charge in [-0.3, -0.25) is 0 Å². The smallest absolute Gasteiger partial charge is 0.410 e. The Bertz CT molecular complexity index is 1180. The number of anilines is 2. The maximum Gasteiger partial charge on any atom is 0.410 e. The highest BCUT2D eigenvalue weighted by Gasteiger charge is 2.32. The van der Waals surface area contributed by atoms with Crippen LogP contribution in [-0.4, -0.2) is 71.0 Å². The summed E-state index contributed by atoms with van der Waals surface area (Å²) < 4.78 is 11.3. The number of urea groups is 1. The molecule has 2 N–H and O–H groups in total. The van der Waals surface area contributed by atoms with Gasteiger partial charge in [0, 0.05) is 35.9 Å². The molecule has 10 nitrogen and oxygen atoms in total. The minimum atomic E-state index is -0.562. The third kappa shape index (κ3) is 6.01. The number of ether oxygens (including phenoxy) is 2. The second kappa shape index (κ2) is 10.8. The SMILES string of the molecule is CC1COCCN1c1nc(-c2ccc(NC(=O)NC3CCC3)cc2)nc2c1CCN(C(=O)OC(C)(C)C)C2. The van der Waals surface area contributed by atoms with Crippen LogP contribution in [0.15, 0.2) is 24.3 Å². The number of rotatable bonds is 4. The molecule has 2 fully saturated rings. The second-order valence-electron chi connectivity index (χ2n) is 11.4. The lowest BCUT2D eigenvalue weighted by Gasteiger charge is -2.38. The van der Waals surface area contributed by atoms with Crippen molar-refractivity contribution < 1.29 is 19.1 Å². The van der Waals surface area contributed by atoms with Crippen molar-refractivity contribution in [3.63, 3.8) is 0 Å². The van der Waals surface area contributed by atoms with Crippen LogP contribution in [0.5, 0.6) is 0 Å². The molecule has 2 aliphatic heterocycles. The molecule has 1 saturated heterocycles. The van der Waals surface area contributed by atoms with Gasteiger partial charge >= 0.3 is 12.1 Å².